The molecule has 1 saturated carbocycles. The lowest BCUT2D eigenvalue weighted by Crippen LogP contribution is -2.50. The number of piperazine rings is 1. The minimum Gasteiger partial charge on any atom is -0.497 e. The third-order valence-corrected chi connectivity index (χ3v) is 6.53. The van der Waals surface area contributed by atoms with Crippen LogP contribution in [0.5, 0.6) is 5.75 Å². The van der Waals surface area contributed by atoms with Gasteiger partial charge in [-0.1, -0.05) is 12.1 Å². The highest BCUT2D eigenvalue weighted by Gasteiger charge is 2.35. The number of methoxy groups -OCH3 is 1. The first-order chi connectivity index (χ1) is 16.0. The zero-order valence-corrected chi connectivity index (χ0v) is 19.4. The van der Waals surface area contributed by atoms with Crippen LogP contribution in [0.25, 0.3) is 17.2 Å². The van der Waals surface area contributed by atoms with Gasteiger partial charge in [-0.05, 0) is 44.9 Å². The van der Waals surface area contributed by atoms with Gasteiger partial charge < -0.3 is 9.64 Å². The molecule has 8 heteroatoms. The van der Waals surface area contributed by atoms with Crippen molar-refractivity contribution in [1.82, 2.24) is 29.5 Å². The normalized spacial score (nSPS) is 16.9. The summed E-state index contributed by atoms with van der Waals surface area (Å²) in [7, 11) is 1.65. The number of hydrogen-bond donors (Lipinski definition) is 0. The molecule has 0 unspecified atom stereocenters. The maximum absolute atomic E-state index is 13.4. The quantitative estimate of drug-likeness (QED) is 0.578. The van der Waals surface area contributed by atoms with Gasteiger partial charge in [0.2, 0.25) is 0 Å². The van der Waals surface area contributed by atoms with Crippen molar-refractivity contribution < 1.29 is 9.53 Å². The number of rotatable bonds is 6. The van der Waals surface area contributed by atoms with Crippen molar-refractivity contribution in [3.63, 3.8) is 0 Å². The molecule has 1 aromatic carbocycles. The van der Waals surface area contributed by atoms with Crippen LogP contribution < -0.4 is 4.74 Å². The molecular weight excluding hydrogens is 416 g/mol. The van der Waals surface area contributed by atoms with Crippen LogP contribution in [-0.4, -0.2) is 74.8 Å². The fourth-order valence-corrected chi connectivity index (χ4v) is 4.44. The molecule has 8 nitrogen and oxygen atoms in total. The number of ether oxygens (including phenoxy) is 1. The summed E-state index contributed by atoms with van der Waals surface area (Å²) < 4.78 is 7.11. The Balaban J connectivity index is 1.44. The molecule has 1 aliphatic heterocycles. The third kappa shape index (κ3) is 4.35. The van der Waals surface area contributed by atoms with Gasteiger partial charge in [0.25, 0.3) is 11.9 Å². The van der Waals surface area contributed by atoms with E-state index in [1.165, 1.54) is 0 Å². The van der Waals surface area contributed by atoms with E-state index in [-0.39, 0.29) is 5.91 Å². The maximum Gasteiger partial charge on any atom is 0.257 e. The molecule has 1 aliphatic carbocycles. The highest BCUT2D eigenvalue weighted by atomic mass is 16.5. The molecule has 0 N–H and O–H groups in total. The monoisotopic (exact) mass is 446 g/mol. The van der Waals surface area contributed by atoms with Crippen molar-refractivity contribution in [2.24, 2.45) is 0 Å². The highest BCUT2D eigenvalue weighted by molar-refractivity contribution is 5.95. The minimum atomic E-state index is 0.0653. The molecule has 3 heterocycles. The number of aromatic nitrogens is 4. The Bertz CT molecular complexity index is 1150. The van der Waals surface area contributed by atoms with Crippen molar-refractivity contribution in [3.05, 3.63) is 54.0 Å². The Morgan fingerprint density at radius 2 is 1.91 bits per heavy atom. The van der Waals surface area contributed by atoms with E-state index in [2.05, 4.69) is 28.8 Å². The topological polar surface area (TPSA) is 76.4 Å². The molecule has 2 aliphatic rings. The standard InChI is InChI=1S/C25H30N6O2/c1-17(2)29-11-13-30(14-12-29)24(32)21-16-27-31(23(21)18-7-8-18)25-26-10-9-22(28-25)19-5-4-6-20(15-19)33-3/h4-6,9-10,15-18H,7-8,11-14H2,1-3H3. The Morgan fingerprint density at radius 1 is 1.12 bits per heavy atom. The van der Waals surface area contributed by atoms with Crippen LogP contribution in [0.15, 0.2) is 42.7 Å². The summed E-state index contributed by atoms with van der Waals surface area (Å²) in [6.07, 6.45) is 5.56. The molecule has 0 radical (unpaired) electrons. The molecule has 3 aromatic rings. The van der Waals surface area contributed by atoms with Crippen molar-refractivity contribution in [2.45, 2.75) is 38.6 Å². The van der Waals surface area contributed by atoms with Gasteiger partial charge in [0.05, 0.1) is 30.3 Å². The number of amides is 1. The maximum atomic E-state index is 13.4. The second-order valence-electron chi connectivity index (χ2n) is 9.03. The van der Waals surface area contributed by atoms with Crippen LogP contribution in [0.1, 0.15) is 48.7 Å². The van der Waals surface area contributed by atoms with Gasteiger partial charge >= 0.3 is 0 Å². The molecule has 2 aromatic heterocycles. The first-order valence-corrected chi connectivity index (χ1v) is 11.6. The number of benzene rings is 1. The largest absolute Gasteiger partial charge is 0.497 e. The Labute approximate surface area is 194 Å². The van der Waals surface area contributed by atoms with E-state index in [1.54, 1.807) is 24.2 Å². The summed E-state index contributed by atoms with van der Waals surface area (Å²) in [5.41, 5.74) is 3.35. The van der Waals surface area contributed by atoms with Crippen molar-refractivity contribution in [2.75, 3.05) is 33.3 Å². The average Bonchev–Trinajstić information content (AvgIpc) is 3.61. The van der Waals surface area contributed by atoms with Gasteiger partial charge in [-0.2, -0.15) is 5.10 Å². The fraction of sp³-hybridized carbons (Fsp3) is 0.440. The predicted octanol–water partition coefficient (Wildman–Crippen LogP) is 3.38. The van der Waals surface area contributed by atoms with Gasteiger partial charge in [0.15, 0.2) is 0 Å². The molecule has 0 bridgehead atoms. The lowest BCUT2D eigenvalue weighted by molar-refractivity contribution is 0.0594. The Morgan fingerprint density at radius 3 is 2.61 bits per heavy atom. The lowest BCUT2D eigenvalue weighted by atomic mass is 10.1. The van der Waals surface area contributed by atoms with Crippen LogP contribution >= 0.6 is 0 Å². The van der Waals surface area contributed by atoms with E-state index in [0.717, 1.165) is 61.7 Å². The smallest absolute Gasteiger partial charge is 0.257 e. The molecule has 5 rings (SSSR count). The first kappa shape index (κ1) is 21.6. The van der Waals surface area contributed by atoms with E-state index in [0.29, 0.717) is 23.5 Å². The van der Waals surface area contributed by atoms with Crippen LogP contribution in [0, 0.1) is 0 Å². The van der Waals surface area contributed by atoms with Crippen LogP contribution in [0.3, 0.4) is 0 Å². The van der Waals surface area contributed by atoms with E-state index in [1.807, 2.05) is 35.2 Å². The van der Waals surface area contributed by atoms with Gasteiger partial charge in [0.1, 0.15) is 5.75 Å². The second-order valence-corrected chi connectivity index (χ2v) is 9.03. The summed E-state index contributed by atoms with van der Waals surface area (Å²) in [6.45, 7) is 7.70. The van der Waals surface area contributed by atoms with E-state index in [4.69, 9.17) is 9.72 Å². The lowest BCUT2D eigenvalue weighted by Gasteiger charge is -2.36. The van der Waals surface area contributed by atoms with E-state index >= 15 is 0 Å². The van der Waals surface area contributed by atoms with E-state index in [9.17, 15) is 4.79 Å². The van der Waals surface area contributed by atoms with Gasteiger partial charge in [-0.15, -0.1) is 0 Å². The van der Waals surface area contributed by atoms with Gasteiger partial charge in [-0.3, -0.25) is 9.69 Å². The predicted molar refractivity (Wildman–Crippen MR) is 126 cm³/mol. The Hall–Kier alpha value is -3.26. The molecule has 33 heavy (non-hydrogen) atoms. The average molecular weight is 447 g/mol. The third-order valence-electron chi connectivity index (χ3n) is 6.53. The number of carbonyl (C=O) groups is 1. The summed E-state index contributed by atoms with van der Waals surface area (Å²) in [4.78, 5) is 27.1. The van der Waals surface area contributed by atoms with Crippen LogP contribution in [-0.2, 0) is 0 Å². The van der Waals surface area contributed by atoms with Gasteiger partial charge in [0, 0.05) is 49.9 Å². The molecular formula is C25H30N6O2. The minimum absolute atomic E-state index is 0.0653. The molecule has 2 fully saturated rings. The zero-order chi connectivity index (χ0) is 22.9. The number of hydrogen-bond acceptors (Lipinski definition) is 6. The molecule has 1 amide bonds. The van der Waals surface area contributed by atoms with Crippen LogP contribution in [0.4, 0.5) is 0 Å². The second kappa shape index (κ2) is 8.94. The SMILES string of the molecule is COc1cccc(-c2ccnc(-n3ncc(C(=O)N4CCN(C(C)C)CC4)c3C3CC3)n2)c1. The highest BCUT2D eigenvalue weighted by Crippen LogP contribution is 2.42. The molecule has 1 saturated heterocycles. The van der Waals surface area contributed by atoms with Crippen molar-refractivity contribution >= 4 is 5.91 Å². The zero-order valence-electron chi connectivity index (χ0n) is 19.4. The summed E-state index contributed by atoms with van der Waals surface area (Å²) in [5, 5.41) is 4.58. The number of carbonyl (C=O) groups excluding carboxylic acids is 1. The van der Waals surface area contributed by atoms with Gasteiger partial charge in [-0.25, -0.2) is 14.6 Å². The van der Waals surface area contributed by atoms with Crippen molar-refractivity contribution in [1.29, 1.82) is 0 Å². The van der Waals surface area contributed by atoms with Crippen LogP contribution in [0.2, 0.25) is 0 Å². The first-order valence-electron chi connectivity index (χ1n) is 11.6. The molecule has 172 valence electrons. The molecule has 0 atom stereocenters. The molecule has 0 spiro atoms. The van der Waals surface area contributed by atoms with E-state index < -0.39 is 0 Å². The summed E-state index contributed by atoms with van der Waals surface area (Å²) in [6, 6.07) is 10.2. The van der Waals surface area contributed by atoms with Crippen molar-refractivity contribution in [3.8, 4) is 23.0 Å². The summed E-state index contributed by atoms with van der Waals surface area (Å²) in [5.74, 6) is 1.65. The fourth-order valence-electron chi connectivity index (χ4n) is 4.44. The number of nitrogens with zero attached hydrogens (tertiary/aromatic N) is 6. The summed E-state index contributed by atoms with van der Waals surface area (Å²) >= 11 is 0. The Kier molecular flexibility index (Phi) is 5.85.